The summed E-state index contributed by atoms with van der Waals surface area (Å²) in [6.07, 6.45) is 1.19. The van der Waals surface area contributed by atoms with Crippen LogP contribution in [0, 0.1) is 5.92 Å². The predicted molar refractivity (Wildman–Crippen MR) is 65.6 cm³/mol. The largest absolute Gasteiger partial charge is 0.492 e. The zero-order valence-electron chi connectivity index (χ0n) is 8.30. The Morgan fingerprint density at radius 1 is 1.53 bits per heavy atom. The molecule has 0 aromatic heterocycles. The number of benzene rings is 1. The van der Waals surface area contributed by atoms with Crippen LogP contribution in [0.1, 0.15) is 6.42 Å². The Morgan fingerprint density at radius 2 is 2.40 bits per heavy atom. The zero-order chi connectivity index (χ0) is 10.7. The molecule has 0 radical (unpaired) electrons. The second kappa shape index (κ2) is 5.19. The lowest BCUT2D eigenvalue weighted by atomic mass is 10.1. The van der Waals surface area contributed by atoms with Crippen molar-refractivity contribution >= 4 is 27.5 Å². The van der Waals surface area contributed by atoms with Crippen molar-refractivity contribution in [3.05, 3.63) is 27.7 Å². The van der Waals surface area contributed by atoms with E-state index in [9.17, 15) is 0 Å². The Kier molecular flexibility index (Phi) is 3.89. The summed E-state index contributed by atoms with van der Waals surface area (Å²) in [5.41, 5.74) is 0. The van der Waals surface area contributed by atoms with Gasteiger partial charge in [0.05, 0.1) is 11.6 Å². The zero-order valence-corrected chi connectivity index (χ0v) is 10.6. The maximum atomic E-state index is 6.04. The monoisotopic (exact) mass is 289 g/mol. The van der Waals surface area contributed by atoms with Gasteiger partial charge in [0.2, 0.25) is 0 Å². The minimum Gasteiger partial charge on any atom is -0.492 e. The molecule has 1 aliphatic heterocycles. The van der Waals surface area contributed by atoms with Crippen molar-refractivity contribution in [1.82, 2.24) is 5.32 Å². The van der Waals surface area contributed by atoms with Gasteiger partial charge >= 0.3 is 0 Å². The van der Waals surface area contributed by atoms with Crippen LogP contribution in [0.2, 0.25) is 5.02 Å². The molecule has 1 aromatic carbocycles. The first kappa shape index (κ1) is 11.2. The van der Waals surface area contributed by atoms with Gasteiger partial charge in [-0.1, -0.05) is 27.5 Å². The summed E-state index contributed by atoms with van der Waals surface area (Å²) in [5.74, 6) is 1.39. The Morgan fingerprint density at radius 3 is 3.07 bits per heavy atom. The lowest BCUT2D eigenvalue weighted by molar-refractivity contribution is 0.260. The molecule has 15 heavy (non-hydrogen) atoms. The summed E-state index contributed by atoms with van der Waals surface area (Å²) >= 11 is 9.41. The smallest absolute Gasteiger partial charge is 0.137 e. The fourth-order valence-electron chi connectivity index (χ4n) is 1.66. The molecule has 0 aliphatic carbocycles. The molecule has 82 valence electrons. The summed E-state index contributed by atoms with van der Waals surface area (Å²) < 4.78 is 6.66. The highest BCUT2D eigenvalue weighted by Gasteiger charge is 2.15. The number of nitrogens with one attached hydrogen (secondary N) is 1. The molecule has 1 heterocycles. The molecule has 2 rings (SSSR count). The summed E-state index contributed by atoms with van der Waals surface area (Å²) in [4.78, 5) is 0. The van der Waals surface area contributed by atoms with Crippen molar-refractivity contribution in [2.24, 2.45) is 5.92 Å². The summed E-state index contributed by atoms with van der Waals surface area (Å²) in [7, 11) is 0. The molecule has 4 heteroatoms. The standard InChI is InChI=1S/C11H13BrClNO/c12-9-1-2-11(10(13)5-9)15-7-8-3-4-14-6-8/h1-2,5,8,14H,3-4,6-7H2. The number of hydrogen-bond donors (Lipinski definition) is 1. The van der Waals surface area contributed by atoms with Gasteiger partial charge in [-0.3, -0.25) is 0 Å². The molecule has 1 fully saturated rings. The number of hydrogen-bond acceptors (Lipinski definition) is 2. The molecule has 0 spiro atoms. The van der Waals surface area contributed by atoms with E-state index in [1.165, 1.54) is 6.42 Å². The van der Waals surface area contributed by atoms with Crippen molar-refractivity contribution < 1.29 is 4.74 Å². The lowest BCUT2D eigenvalue weighted by Crippen LogP contribution is -2.15. The van der Waals surface area contributed by atoms with Gasteiger partial charge in [0.15, 0.2) is 0 Å². The van der Waals surface area contributed by atoms with E-state index in [1.807, 2.05) is 18.2 Å². The second-order valence-electron chi connectivity index (χ2n) is 3.74. The van der Waals surface area contributed by atoms with E-state index in [4.69, 9.17) is 16.3 Å². The molecule has 2 nitrogen and oxygen atoms in total. The van der Waals surface area contributed by atoms with Gasteiger partial charge in [0.25, 0.3) is 0 Å². The summed E-state index contributed by atoms with van der Waals surface area (Å²) in [5, 5.41) is 3.97. The Hall–Kier alpha value is -0.250. The fourth-order valence-corrected chi connectivity index (χ4v) is 2.38. The average Bonchev–Trinajstić information content (AvgIpc) is 2.69. The van der Waals surface area contributed by atoms with Gasteiger partial charge < -0.3 is 10.1 Å². The maximum Gasteiger partial charge on any atom is 0.137 e. The Labute approximate surface area is 103 Å². The third-order valence-corrected chi connectivity index (χ3v) is 3.32. The van der Waals surface area contributed by atoms with Crippen LogP contribution < -0.4 is 10.1 Å². The van der Waals surface area contributed by atoms with Crippen molar-refractivity contribution in [3.8, 4) is 5.75 Å². The maximum absolute atomic E-state index is 6.04. The molecular formula is C11H13BrClNO. The van der Waals surface area contributed by atoms with Crippen LogP contribution in [0.3, 0.4) is 0 Å². The van der Waals surface area contributed by atoms with Crippen LogP contribution >= 0.6 is 27.5 Å². The molecule has 1 unspecified atom stereocenters. The third-order valence-electron chi connectivity index (χ3n) is 2.53. The van der Waals surface area contributed by atoms with Crippen LogP contribution in [0.15, 0.2) is 22.7 Å². The molecule has 1 aliphatic rings. The van der Waals surface area contributed by atoms with Crippen molar-refractivity contribution in [2.45, 2.75) is 6.42 Å². The van der Waals surface area contributed by atoms with Gasteiger partial charge in [-0.15, -0.1) is 0 Å². The first-order valence-corrected chi connectivity index (χ1v) is 6.21. The normalized spacial score (nSPS) is 20.5. The van der Waals surface area contributed by atoms with E-state index in [0.717, 1.165) is 29.9 Å². The van der Waals surface area contributed by atoms with E-state index in [1.54, 1.807) is 0 Å². The topological polar surface area (TPSA) is 21.3 Å². The van der Waals surface area contributed by atoms with Gasteiger partial charge in [0.1, 0.15) is 5.75 Å². The molecule has 0 saturated carbocycles. The first-order valence-electron chi connectivity index (χ1n) is 5.04. The van der Waals surface area contributed by atoms with E-state index in [-0.39, 0.29) is 0 Å². The van der Waals surface area contributed by atoms with Crippen molar-refractivity contribution in [2.75, 3.05) is 19.7 Å². The highest BCUT2D eigenvalue weighted by molar-refractivity contribution is 9.10. The molecule has 1 aromatic rings. The minimum atomic E-state index is 0.615. The minimum absolute atomic E-state index is 0.615. The molecule has 1 saturated heterocycles. The van der Waals surface area contributed by atoms with E-state index < -0.39 is 0 Å². The van der Waals surface area contributed by atoms with Crippen molar-refractivity contribution in [1.29, 1.82) is 0 Å². The van der Waals surface area contributed by atoms with Crippen LogP contribution in [0.4, 0.5) is 0 Å². The molecular weight excluding hydrogens is 277 g/mol. The third kappa shape index (κ3) is 3.10. The molecule has 0 bridgehead atoms. The van der Waals surface area contributed by atoms with Crippen LogP contribution in [0.25, 0.3) is 0 Å². The summed E-state index contributed by atoms with van der Waals surface area (Å²) in [6, 6.07) is 5.69. The van der Waals surface area contributed by atoms with Gasteiger partial charge in [-0.05, 0) is 31.2 Å². The first-order chi connectivity index (χ1) is 7.25. The van der Waals surface area contributed by atoms with E-state index >= 15 is 0 Å². The average molecular weight is 291 g/mol. The van der Waals surface area contributed by atoms with Crippen LogP contribution in [0.5, 0.6) is 5.75 Å². The fraction of sp³-hybridized carbons (Fsp3) is 0.455. The number of halogens is 2. The van der Waals surface area contributed by atoms with Crippen LogP contribution in [-0.2, 0) is 0 Å². The highest BCUT2D eigenvalue weighted by Crippen LogP contribution is 2.28. The van der Waals surface area contributed by atoms with E-state index in [0.29, 0.717) is 10.9 Å². The van der Waals surface area contributed by atoms with Crippen molar-refractivity contribution in [3.63, 3.8) is 0 Å². The quantitative estimate of drug-likeness (QED) is 0.924. The SMILES string of the molecule is Clc1cc(Br)ccc1OCC1CCNC1. The molecule has 1 atom stereocenters. The molecule has 1 N–H and O–H groups in total. The summed E-state index contributed by atoms with van der Waals surface area (Å²) in [6.45, 7) is 2.89. The number of rotatable bonds is 3. The van der Waals surface area contributed by atoms with E-state index in [2.05, 4.69) is 21.2 Å². The van der Waals surface area contributed by atoms with Crippen LogP contribution in [-0.4, -0.2) is 19.7 Å². The molecule has 0 amide bonds. The van der Waals surface area contributed by atoms with Gasteiger partial charge in [-0.2, -0.15) is 0 Å². The van der Waals surface area contributed by atoms with Gasteiger partial charge in [-0.25, -0.2) is 0 Å². The Bertz CT molecular complexity index is 339. The Balaban J connectivity index is 1.92. The lowest BCUT2D eigenvalue weighted by Gasteiger charge is -2.12. The highest BCUT2D eigenvalue weighted by atomic mass is 79.9. The second-order valence-corrected chi connectivity index (χ2v) is 5.07. The predicted octanol–water partition coefficient (Wildman–Crippen LogP) is 3.09. The van der Waals surface area contributed by atoms with Gasteiger partial charge in [0, 0.05) is 16.9 Å². The number of ether oxygens (including phenoxy) is 1.